The van der Waals surface area contributed by atoms with Crippen molar-refractivity contribution in [1.29, 1.82) is 0 Å². The monoisotopic (exact) mass is 329 g/mol. The molecule has 1 heterocycles. The molecule has 0 saturated heterocycles. The van der Waals surface area contributed by atoms with Gasteiger partial charge in [0.1, 0.15) is 0 Å². The summed E-state index contributed by atoms with van der Waals surface area (Å²) >= 11 is 1.45. The molecule has 1 N–H and O–H groups in total. The van der Waals surface area contributed by atoms with Crippen molar-refractivity contribution in [3.8, 4) is 0 Å². The van der Waals surface area contributed by atoms with Gasteiger partial charge in [-0.3, -0.25) is 9.59 Å². The van der Waals surface area contributed by atoms with Crippen molar-refractivity contribution in [2.24, 2.45) is 0 Å². The second-order valence-corrected chi connectivity index (χ2v) is 7.58. The topological polar surface area (TPSA) is 46.2 Å². The van der Waals surface area contributed by atoms with E-state index >= 15 is 0 Å². The fraction of sp³-hybridized carbons (Fsp3) is 0.368. The highest BCUT2D eigenvalue weighted by Gasteiger charge is 2.13. The molecule has 2 aromatic rings. The third-order valence-corrected chi connectivity index (χ3v) is 4.55. The fourth-order valence-corrected chi connectivity index (χ4v) is 2.94. The Bertz CT molecular complexity index is 652. The van der Waals surface area contributed by atoms with Crippen molar-refractivity contribution in [2.45, 2.75) is 45.4 Å². The number of ketones is 1. The van der Waals surface area contributed by atoms with Crippen LogP contribution in [0.4, 0.5) is 5.69 Å². The molecule has 1 aromatic carbocycles. The first-order valence-electron chi connectivity index (χ1n) is 7.83. The van der Waals surface area contributed by atoms with E-state index < -0.39 is 0 Å². The van der Waals surface area contributed by atoms with Crippen LogP contribution in [0, 0.1) is 0 Å². The van der Waals surface area contributed by atoms with E-state index in [1.165, 1.54) is 16.9 Å². The van der Waals surface area contributed by atoms with E-state index in [-0.39, 0.29) is 17.1 Å². The molecule has 0 aliphatic carbocycles. The Morgan fingerprint density at radius 3 is 2.30 bits per heavy atom. The van der Waals surface area contributed by atoms with E-state index in [1.54, 1.807) is 0 Å². The molecule has 2 rings (SSSR count). The predicted molar refractivity (Wildman–Crippen MR) is 96.3 cm³/mol. The highest BCUT2D eigenvalue weighted by atomic mass is 32.1. The summed E-state index contributed by atoms with van der Waals surface area (Å²) in [4.78, 5) is 24.6. The van der Waals surface area contributed by atoms with E-state index in [9.17, 15) is 9.59 Å². The Labute approximate surface area is 141 Å². The lowest BCUT2D eigenvalue weighted by Gasteiger charge is -2.19. The van der Waals surface area contributed by atoms with Crippen LogP contribution in [0.1, 0.15) is 55.3 Å². The summed E-state index contributed by atoms with van der Waals surface area (Å²) in [6, 6.07) is 11.6. The minimum Gasteiger partial charge on any atom is -0.326 e. The van der Waals surface area contributed by atoms with Gasteiger partial charge in [0.2, 0.25) is 5.91 Å². The summed E-state index contributed by atoms with van der Waals surface area (Å²) in [6.45, 7) is 6.47. The molecule has 0 radical (unpaired) electrons. The maximum atomic E-state index is 11.9. The molecule has 3 nitrogen and oxygen atoms in total. The molecule has 122 valence electrons. The van der Waals surface area contributed by atoms with Crippen LogP contribution in [-0.4, -0.2) is 11.7 Å². The molecule has 0 aliphatic heterocycles. The Kier molecular flexibility index (Phi) is 5.72. The highest BCUT2D eigenvalue weighted by molar-refractivity contribution is 7.12. The third kappa shape index (κ3) is 5.32. The third-order valence-electron chi connectivity index (χ3n) is 3.64. The number of hydrogen-bond donors (Lipinski definition) is 1. The largest absolute Gasteiger partial charge is 0.326 e. The van der Waals surface area contributed by atoms with Gasteiger partial charge in [0.25, 0.3) is 0 Å². The number of hydrogen-bond acceptors (Lipinski definition) is 3. The number of carbonyl (C=O) groups is 2. The predicted octanol–water partition coefficient (Wildman–Crippen LogP) is 5.04. The van der Waals surface area contributed by atoms with Gasteiger partial charge in [-0.25, -0.2) is 0 Å². The zero-order valence-electron chi connectivity index (χ0n) is 13.9. The van der Waals surface area contributed by atoms with Crippen LogP contribution in [0.3, 0.4) is 0 Å². The van der Waals surface area contributed by atoms with Crippen LogP contribution in [0.5, 0.6) is 0 Å². The molecule has 1 aromatic heterocycles. The van der Waals surface area contributed by atoms with E-state index in [2.05, 4.69) is 26.1 Å². The molecular weight excluding hydrogens is 306 g/mol. The van der Waals surface area contributed by atoms with Gasteiger partial charge in [0, 0.05) is 18.5 Å². The van der Waals surface area contributed by atoms with Crippen LogP contribution < -0.4 is 5.32 Å². The van der Waals surface area contributed by atoms with Gasteiger partial charge >= 0.3 is 0 Å². The van der Waals surface area contributed by atoms with E-state index in [1.807, 2.05) is 41.8 Å². The smallest absolute Gasteiger partial charge is 0.224 e. The van der Waals surface area contributed by atoms with Crippen molar-refractivity contribution in [1.82, 2.24) is 0 Å². The minimum absolute atomic E-state index is 0.0486. The molecule has 0 spiro atoms. The molecule has 0 bridgehead atoms. The van der Waals surface area contributed by atoms with Gasteiger partial charge in [-0.1, -0.05) is 39.0 Å². The van der Waals surface area contributed by atoms with Crippen LogP contribution in [0.2, 0.25) is 0 Å². The quantitative estimate of drug-likeness (QED) is 0.755. The van der Waals surface area contributed by atoms with Gasteiger partial charge in [-0.05, 0) is 41.0 Å². The van der Waals surface area contributed by atoms with Gasteiger partial charge in [-0.15, -0.1) is 11.3 Å². The maximum absolute atomic E-state index is 11.9. The number of Topliss-reactive ketones (excluding diaryl/α,β-unsaturated/α-hetero) is 1. The number of thiophene rings is 1. The molecule has 0 unspecified atom stereocenters. The van der Waals surface area contributed by atoms with Crippen molar-refractivity contribution >= 4 is 28.7 Å². The van der Waals surface area contributed by atoms with E-state index in [0.717, 1.165) is 10.6 Å². The van der Waals surface area contributed by atoms with Crippen molar-refractivity contribution in [3.63, 3.8) is 0 Å². The zero-order chi connectivity index (χ0) is 16.9. The van der Waals surface area contributed by atoms with Crippen molar-refractivity contribution < 1.29 is 9.59 Å². The van der Waals surface area contributed by atoms with Gasteiger partial charge in [-0.2, -0.15) is 0 Å². The summed E-state index contributed by atoms with van der Waals surface area (Å²) < 4.78 is 0. The normalized spacial score (nSPS) is 11.3. The summed E-state index contributed by atoms with van der Waals surface area (Å²) in [5.74, 6) is 0.0646. The SMILES string of the molecule is CC(C)(C)c1ccc(NC(=O)CCCC(=O)c2cccs2)cc1. The number of benzene rings is 1. The molecule has 0 aliphatic rings. The van der Waals surface area contributed by atoms with E-state index in [0.29, 0.717) is 19.3 Å². The second kappa shape index (κ2) is 7.55. The lowest BCUT2D eigenvalue weighted by atomic mass is 9.87. The summed E-state index contributed by atoms with van der Waals surface area (Å²) in [7, 11) is 0. The summed E-state index contributed by atoms with van der Waals surface area (Å²) in [6.07, 6.45) is 1.34. The van der Waals surface area contributed by atoms with Crippen molar-refractivity contribution in [3.05, 3.63) is 52.2 Å². The average molecular weight is 329 g/mol. The van der Waals surface area contributed by atoms with Gasteiger partial charge in [0.05, 0.1) is 4.88 Å². The standard InChI is InChI=1S/C19H23NO2S/c1-19(2,3)14-9-11-15(12-10-14)20-18(22)8-4-6-16(21)17-7-5-13-23-17/h5,7,9-13H,4,6,8H2,1-3H3,(H,20,22). The number of rotatable bonds is 6. The molecule has 4 heteroatoms. The Balaban J connectivity index is 1.77. The highest BCUT2D eigenvalue weighted by Crippen LogP contribution is 2.23. The fourth-order valence-electron chi connectivity index (χ4n) is 2.25. The molecule has 0 atom stereocenters. The molecule has 1 amide bonds. The average Bonchev–Trinajstić information content (AvgIpc) is 3.01. The summed E-state index contributed by atoms with van der Waals surface area (Å²) in [5.41, 5.74) is 2.13. The number of amides is 1. The lowest BCUT2D eigenvalue weighted by molar-refractivity contribution is -0.116. The van der Waals surface area contributed by atoms with E-state index in [4.69, 9.17) is 0 Å². The minimum atomic E-state index is -0.0486. The molecule has 23 heavy (non-hydrogen) atoms. The zero-order valence-corrected chi connectivity index (χ0v) is 14.7. The van der Waals surface area contributed by atoms with Crippen LogP contribution >= 0.6 is 11.3 Å². The molecule has 0 fully saturated rings. The second-order valence-electron chi connectivity index (χ2n) is 6.63. The Hall–Kier alpha value is -1.94. The van der Waals surface area contributed by atoms with Crippen molar-refractivity contribution in [2.75, 3.05) is 5.32 Å². The van der Waals surface area contributed by atoms with Crippen LogP contribution in [-0.2, 0) is 10.2 Å². The first kappa shape index (κ1) is 17.4. The maximum Gasteiger partial charge on any atom is 0.224 e. The van der Waals surface area contributed by atoms with Gasteiger partial charge < -0.3 is 5.32 Å². The Morgan fingerprint density at radius 1 is 1.04 bits per heavy atom. The number of carbonyl (C=O) groups excluding carboxylic acids is 2. The lowest BCUT2D eigenvalue weighted by Crippen LogP contribution is -2.13. The summed E-state index contributed by atoms with van der Waals surface area (Å²) in [5, 5.41) is 4.77. The molecular formula is C19H23NO2S. The van der Waals surface area contributed by atoms with Crippen LogP contribution in [0.15, 0.2) is 41.8 Å². The first-order chi connectivity index (χ1) is 10.9. The number of nitrogens with one attached hydrogen (secondary N) is 1. The molecule has 0 saturated carbocycles. The Morgan fingerprint density at radius 2 is 1.74 bits per heavy atom. The van der Waals surface area contributed by atoms with Crippen LogP contribution in [0.25, 0.3) is 0 Å². The number of anilines is 1. The van der Waals surface area contributed by atoms with Gasteiger partial charge in [0.15, 0.2) is 5.78 Å². The first-order valence-corrected chi connectivity index (χ1v) is 8.71.